The minimum absolute atomic E-state index is 0.0312. The summed E-state index contributed by atoms with van der Waals surface area (Å²) in [5, 5.41) is 7.03. The van der Waals surface area contributed by atoms with Crippen LogP contribution in [0.5, 0.6) is 0 Å². The Kier molecular flexibility index (Phi) is 3.83. The number of hydrogen-bond donors (Lipinski definition) is 1. The van der Waals surface area contributed by atoms with Gasteiger partial charge in [0.25, 0.3) is 0 Å². The highest BCUT2D eigenvalue weighted by atomic mass is 16.2. The van der Waals surface area contributed by atoms with Crippen LogP contribution in [0.25, 0.3) is 0 Å². The summed E-state index contributed by atoms with van der Waals surface area (Å²) < 4.78 is 1.81. The number of rotatable bonds is 4. The number of piperazine rings is 1. The summed E-state index contributed by atoms with van der Waals surface area (Å²) in [6, 6.07) is -0.452. The second-order valence-electron chi connectivity index (χ2n) is 5.49. The Labute approximate surface area is 119 Å². The van der Waals surface area contributed by atoms with E-state index in [1.807, 2.05) is 24.7 Å². The van der Waals surface area contributed by atoms with Crippen molar-refractivity contribution < 1.29 is 9.59 Å². The van der Waals surface area contributed by atoms with Crippen LogP contribution >= 0.6 is 0 Å². The van der Waals surface area contributed by atoms with E-state index in [1.165, 1.54) is 0 Å². The molecule has 1 saturated heterocycles. The topological polar surface area (TPSA) is 67.2 Å². The highest BCUT2D eigenvalue weighted by Gasteiger charge is 2.45. The molecule has 1 aromatic rings. The van der Waals surface area contributed by atoms with Crippen LogP contribution in [-0.2, 0) is 22.7 Å². The first-order valence-corrected chi connectivity index (χ1v) is 7.05. The van der Waals surface area contributed by atoms with E-state index in [9.17, 15) is 9.59 Å². The Morgan fingerprint density at radius 2 is 2.10 bits per heavy atom. The van der Waals surface area contributed by atoms with Crippen molar-refractivity contribution in [1.29, 1.82) is 0 Å². The standard InChI is InChI=1S/C14H22N4O2/c1-5-14(4)13(20)18(10(3)12(19)16-14)9-11-7-15-17(6-2)8-11/h7-8,10H,5-6,9H2,1-4H3,(H,16,19). The van der Waals surface area contributed by atoms with Crippen molar-refractivity contribution in [2.24, 2.45) is 0 Å². The van der Waals surface area contributed by atoms with Crippen molar-refractivity contribution >= 4 is 11.8 Å². The second kappa shape index (κ2) is 5.26. The number of aryl methyl sites for hydroxylation is 1. The van der Waals surface area contributed by atoms with Crippen molar-refractivity contribution in [3.8, 4) is 0 Å². The zero-order valence-corrected chi connectivity index (χ0v) is 12.5. The van der Waals surface area contributed by atoms with Gasteiger partial charge in [0.1, 0.15) is 11.6 Å². The molecule has 1 aliphatic rings. The summed E-state index contributed by atoms with van der Waals surface area (Å²) in [5.74, 6) is -0.131. The van der Waals surface area contributed by atoms with Crippen LogP contribution in [0.4, 0.5) is 0 Å². The van der Waals surface area contributed by atoms with Crippen molar-refractivity contribution in [3.05, 3.63) is 18.0 Å². The van der Waals surface area contributed by atoms with E-state index in [2.05, 4.69) is 10.4 Å². The number of amides is 2. The lowest BCUT2D eigenvalue weighted by molar-refractivity contribution is -0.154. The van der Waals surface area contributed by atoms with E-state index in [0.29, 0.717) is 13.0 Å². The zero-order chi connectivity index (χ0) is 14.9. The molecule has 6 nitrogen and oxygen atoms in total. The van der Waals surface area contributed by atoms with Crippen molar-refractivity contribution in [2.75, 3.05) is 0 Å². The number of nitrogens with zero attached hydrogens (tertiary/aromatic N) is 3. The van der Waals surface area contributed by atoms with Crippen LogP contribution in [0.15, 0.2) is 12.4 Å². The van der Waals surface area contributed by atoms with Crippen LogP contribution < -0.4 is 5.32 Å². The predicted molar refractivity (Wildman–Crippen MR) is 74.8 cm³/mol. The largest absolute Gasteiger partial charge is 0.340 e. The monoisotopic (exact) mass is 278 g/mol. The van der Waals surface area contributed by atoms with E-state index < -0.39 is 11.6 Å². The molecule has 2 heterocycles. The highest BCUT2D eigenvalue weighted by molar-refractivity contribution is 5.99. The van der Waals surface area contributed by atoms with E-state index >= 15 is 0 Å². The van der Waals surface area contributed by atoms with Crippen LogP contribution in [0.1, 0.15) is 39.7 Å². The Hall–Kier alpha value is -1.85. The lowest BCUT2D eigenvalue weighted by atomic mass is 9.92. The fourth-order valence-corrected chi connectivity index (χ4v) is 2.37. The van der Waals surface area contributed by atoms with Crippen molar-refractivity contribution in [2.45, 2.75) is 58.8 Å². The van der Waals surface area contributed by atoms with Gasteiger partial charge in [-0.2, -0.15) is 5.10 Å². The summed E-state index contributed by atoms with van der Waals surface area (Å²) in [6.07, 6.45) is 4.24. The average Bonchev–Trinajstić information content (AvgIpc) is 2.89. The molecule has 2 unspecified atom stereocenters. The van der Waals surface area contributed by atoms with Crippen molar-refractivity contribution in [3.63, 3.8) is 0 Å². The first-order valence-electron chi connectivity index (χ1n) is 7.05. The third-order valence-corrected chi connectivity index (χ3v) is 4.05. The van der Waals surface area contributed by atoms with E-state index in [1.54, 1.807) is 24.9 Å². The number of aromatic nitrogens is 2. The summed E-state index contributed by atoms with van der Waals surface area (Å²) >= 11 is 0. The molecule has 0 aromatic carbocycles. The smallest absolute Gasteiger partial charge is 0.249 e. The SMILES string of the molecule is CCn1cc(CN2C(=O)C(C)(CC)NC(=O)C2C)cn1. The molecular weight excluding hydrogens is 256 g/mol. The van der Waals surface area contributed by atoms with Gasteiger partial charge >= 0.3 is 0 Å². The summed E-state index contributed by atoms with van der Waals surface area (Å²) in [7, 11) is 0. The maximum absolute atomic E-state index is 12.6. The molecular formula is C14H22N4O2. The molecule has 0 spiro atoms. The molecule has 1 aliphatic heterocycles. The van der Waals surface area contributed by atoms with Gasteiger partial charge in [0.05, 0.1) is 6.20 Å². The molecule has 110 valence electrons. The van der Waals surface area contributed by atoms with Gasteiger partial charge in [-0.3, -0.25) is 14.3 Å². The summed E-state index contributed by atoms with van der Waals surface area (Å²) in [5.41, 5.74) is 0.143. The minimum atomic E-state index is -0.801. The van der Waals surface area contributed by atoms with Gasteiger partial charge in [-0.25, -0.2) is 0 Å². The zero-order valence-electron chi connectivity index (χ0n) is 12.5. The number of nitrogens with one attached hydrogen (secondary N) is 1. The minimum Gasteiger partial charge on any atom is -0.340 e. The molecule has 0 saturated carbocycles. The maximum atomic E-state index is 12.6. The number of carbonyl (C=O) groups is 2. The Bertz CT molecular complexity index is 525. The van der Waals surface area contributed by atoms with Crippen LogP contribution in [-0.4, -0.2) is 38.1 Å². The fraction of sp³-hybridized carbons (Fsp3) is 0.643. The molecule has 0 aliphatic carbocycles. The Morgan fingerprint density at radius 3 is 2.65 bits per heavy atom. The van der Waals surface area contributed by atoms with Crippen LogP contribution in [0.3, 0.4) is 0 Å². The second-order valence-corrected chi connectivity index (χ2v) is 5.49. The van der Waals surface area contributed by atoms with E-state index in [-0.39, 0.29) is 11.8 Å². The molecule has 2 rings (SSSR count). The fourth-order valence-electron chi connectivity index (χ4n) is 2.37. The Balaban J connectivity index is 2.23. The lowest BCUT2D eigenvalue weighted by Crippen LogP contribution is -2.68. The third-order valence-electron chi connectivity index (χ3n) is 4.05. The van der Waals surface area contributed by atoms with Crippen LogP contribution in [0, 0.1) is 0 Å². The molecule has 0 radical (unpaired) electrons. The maximum Gasteiger partial charge on any atom is 0.249 e. The Morgan fingerprint density at radius 1 is 1.40 bits per heavy atom. The van der Waals surface area contributed by atoms with Gasteiger partial charge in [0.2, 0.25) is 11.8 Å². The molecule has 2 amide bonds. The molecule has 1 aromatic heterocycles. The van der Waals surface area contributed by atoms with Gasteiger partial charge in [-0.1, -0.05) is 6.92 Å². The summed E-state index contributed by atoms with van der Waals surface area (Å²) in [4.78, 5) is 26.3. The van der Waals surface area contributed by atoms with Gasteiger partial charge in [0.15, 0.2) is 0 Å². The first-order chi connectivity index (χ1) is 9.41. The number of hydrogen-bond acceptors (Lipinski definition) is 3. The van der Waals surface area contributed by atoms with E-state index in [0.717, 1.165) is 12.1 Å². The quantitative estimate of drug-likeness (QED) is 0.890. The van der Waals surface area contributed by atoms with Gasteiger partial charge in [-0.05, 0) is 27.2 Å². The molecule has 2 atom stereocenters. The lowest BCUT2D eigenvalue weighted by Gasteiger charge is -2.42. The van der Waals surface area contributed by atoms with Crippen LogP contribution in [0.2, 0.25) is 0 Å². The van der Waals surface area contributed by atoms with Gasteiger partial charge in [-0.15, -0.1) is 0 Å². The average molecular weight is 278 g/mol. The van der Waals surface area contributed by atoms with Gasteiger partial charge in [0, 0.05) is 24.8 Å². The third kappa shape index (κ3) is 2.42. The summed E-state index contributed by atoms with van der Waals surface area (Å²) in [6.45, 7) is 8.66. The molecule has 1 fully saturated rings. The molecule has 0 bridgehead atoms. The number of carbonyl (C=O) groups excluding carboxylic acids is 2. The van der Waals surface area contributed by atoms with Gasteiger partial charge < -0.3 is 10.2 Å². The highest BCUT2D eigenvalue weighted by Crippen LogP contribution is 2.23. The normalized spacial score (nSPS) is 26.8. The van der Waals surface area contributed by atoms with E-state index in [4.69, 9.17) is 0 Å². The molecule has 6 heteroatoms. The molecule has 20 heavy (non-hydrogen) atoms. The molecule has 1 N–H and O–H groups in total. The first kappa shape index (κ1) is 14.6. The van der Waals surface area contributed by atoms with Crippen molar-refractivity contribution in [1.82, 2.24) is 20.0 Å². The predicted octanol–water partition coefficient (Wildman–Crippen LogP) is 0.919.